The quantitative estimate of drug-likeness (QED) is 0.774. The number of hydrogen-bond acceptors (Lipinski definition) is 4. The Morgan fingerprint density at radius 3 is 2.76 bits per heavy atom. The summed E-state index contributed by atoms with van der Waals surface area (Å²) in [6.07, 6.45) is 1.34. The molecule has 88 valence electrons. The molecular weight excluding hydrogens is 248 g/mol. The van der Waals surface area contributed by atoms with E-state index < -0.39 is 17.6 Å². The van der Waals surface area contributed by atoms with Crippen LogP contribution in [0.5, 0.6) is 0 Å². The van der Waals surface area contributed by atoms with Gasteiger partial charge in [-0.25, -0.2) is 18.6 Å². The van der Waals surface area contributed by atoms with E-state index in [9.17, 15) is 13.6 Å². The molecular formula is C11H7F2NO2S. The number of ether oxygens (including phenoxy) is 1. The van der Waals surface area contributed by atoms with Crippen molar-refractivity contribution in [1.82, 2.24) is 4.98 Å². The normalized spacial score (nSPS) is 10.3. The highest BCUT2D eigenvalue weighted by Crippen LogP contribution is 2.26. The van der Waals surface area contributed by atoms with E-state index in [2.05, 4.69) is 9.72 Å². The van der Waals surface area contributed by atoms with Gasteiger partial charge in [-0.05, 0) is 18.2 Å². The minimum atomic E-state index is -0.947. The number of halogens is 2. The van der Waals surface area contributed by atoms with Gasteiger partial charge >= 0.3 is 5.97 Å². The van der Waals surface area contributed by atoms with Crippen molar-refractivity contribution in [2.45, 2.75) is 0 Å². The number of methoxy groups -OCH3 is 1. The standard InChI is InChI=1S/C11H7F2NO2S/c1-16-11(15)9-5-14-10(17-9)6-2-3-7(12)8(13)4-6/h2-5H,1H3. The molecule has 0 bridgehead atoms. The van der Waals surface area contributed by atoms with Gasteiger partial charge in [0.1, 0.15) is 9.88 Å². The number of thiazole rings is 1. The summed E-state index contributed by atoms with van der Waals surface area (Å²) in [5.74, 6) is -2.37. The van der Waals surface area contributed by atoms with Crippen molar-refractivity contribution in [3.8, 4) is 10.6 Å². The molecule has 3 nitrogen and oxygen atoms in total. The zero-order valence-corrected chi connectivity index (χ0v) is 9.55. The molecule has 2 rings (SSSR count). The Bertz CT molecular complexity index is 568. The van der Waals surface area contributed by atoms with Gasteiger partial charge in [0.2, 0.25) is 0 Å². The molecule has 0 saturated heterocycles. The topological polar surface area (TPSA) is 39.2 Å². The van der Waals surface area contributed by atoms with Crippen LogP contribution in [0.4, 0.5) is 8.78 Å². The lowest BCUT2D eigenvalue weighted by Gasteiger charge is -1.97. The molecule has 1 aromatic heterocycles. The summed E-state index contributed by atoms with van der Waals surface area (Å²) in [5, 5.41) is 0.435. The molecule has 0 saturated carbocycles. The van der Waals surface area contributed by atoms with E-state index in [0.717, 1.165) is 23.5 Å². The number of benzene rings is 1. The summed E-state index contributed by atoms with van der Waals surface area (Å²) in [7, 11) is 1.26. The van der Waals surface area contributed by atoms with E-state index in [1.165, 1.54) is 19.4 Å². The first-order valence-corrected chi connectivity index (χ1v) is 5.43. The lowest BCUT2D eigenvalue weighted by atomic mass is 10.2. The molecule has 0 aliphatic rings. The van der Waals surface area contributed by atoms with E-state index >= 15 is 0 Å². The molecule has 17 heavy (non-hydrogen) atoms. The number of hydrogen-bond donors (Lipinski definition) is 0. The second-order valence-corrected chi connectivity index (χ2v) is 4.18. The summed E-state index contributed by atoms with van der Waals surface area (Å²) in [6.45, 7) is 0. The van der Waals surface area contributed by atoms with Gasteiger partial charge in [-0.1, -0.05) is 0 Å². The predicted octanol–water partition coefficient (Wildman–Crippen LogP) is 2.87. The highest BCUT2D eigenvalue weighted by molar-refractivity contribution is 7.16. The molecule has 1 aromatic carbocycles. The molecule has 1 heterocycles. The minimum absolute atomic E-state index is 0.312. The molecule has 0 unspecified atom stereocenters. The van der Waals surface area contributed by atoms with E-state index in [0.29, 0.717) is 15.4 Å². The van der Waals surface area contributed by atoms with E-state index in [1.54, 1.807) is 0 Å². The Labute approximate surface area is 99.7 Å². The summed E-state index contributed by atoms with van der Waals surface area (Å²) in [6, 6.07) is 3.46. The van der Waals surface area contributed by atoms with E-state index in [4.69, 9.17) is 0 Å². The van der Waals surface area contributed by atoms with Crippen molar-refractivity contribution in [2.24, 2.45) is 0 Å². The van der Waals surface area contributed by atoms with Crippen LogP contribution >= 0.6 is 11.3 Å². The third-order valence-corrected chi connectivity index (χ3v) is 3.09. The van der Waals surface area contributed by atoms with Gasteiger partial charge < -0.3 is 4.74 Å². The zero-order chi connectivity index (χ0) is 12.4. The average molecular weight is 255 g/mol. The number of esters is 1. The summed E-state index contributed by atoms with van der Waals surface area (Å²) < 4.78 is 30.3. The summed E-state index contributed by atoms with van der Waals surface area (Å²) >= 11 is 1.06. The average Bonchev–Trinajstić information content (AvgIpc) is 2.81. The lowest BCUT2D eigenvalue weighted by Crippen LogP contribution is -1.96. The summed E-state index contributed by atoms with van der Waals surface area (Å²) in [5.41, 5.74) is 0.420. The van der Waals surface area contributed by atoms with Gasteiger partial charge in [-0.3, -0.25) is 0 Å². The van der Waals surface area contributed by atoms with Crippen molar-refractivity contribution in [2.75, 3.05) is 7.11 Å². The Hall–Kier alpha value is -1.82. The minimum Gasteiger partial charge on any atom is -0.465 e. The van der Waals surface area contributed by atoms with Crippen LogP contribution in [-0.4, -0.2) is 18.1 Å². The number of carbonyl (C=O) groups excluding carboxylic acids is 1. The number of nitrogens with zero attached hydrogens (tertiary/aromatic N) is 1. The molecule has 2 aromatic rings. The predicted molar refractivity (Wildman–Crippen MR) is 58.8 cm³/mol. The first-order valence-electron chi connectivity index (χ1n) is 4.61. The van der Waals surface area contributed by atoms with Gasteiger partial charge in [0.25, 0.3) is 0 Å². The van der Waals surface area contributed by atoms with Crippen molar-refractivity contribution >= 4 is 17.3 Å². The van der Waals surface area contributed by atoms with Gasteiger partial charge in [0, 0.05) is 5.56 Å². The van der Waals surface area contributed by atoms with Crippen molar-refractivity contribution < 1.29 is 18.3 Å². The van der Waals surface area contributed by atoms with Crippen LogP contribution in [0.25, 0.3) is 10.6 Å². The Kier molecular flexibility index (Phi) is 3.14. The Morgan fingerprint density at radius 1 is 1.35 bits per heavy atom. The number of rotatable bonds is 2. The second-order valence-electron chi connectivity index (χ2n) is 3.15. The molecule has 0 amide bonds. The van der Waals surface area contributed by atoms with Crippen LogP contribution in [0.15, 0.2) is 24.4 Å². The molecule has 0 fully saturated rings. The lowest BCUT2D eigenvalue weighted by molar-refractivity contribution is 0.0606. The van der Waals surface area contributed by atoms with Crippen LogP contribution in [0.2, 0.25) is 0 Å². The van der Waals surface area contributed by atoms with Gasteiger partial charge in [0.15, 0.2) is 11.6 Å². The Balaban J connectivity index is 2.37. The van der Waals surface area contributed by atoms with Gasteiger partial charge in [0.05, 0.1) is 13.3 Å². The fourth-order valence-electron chi connectivity index (χ4n) is 1.23. The van der Waals surface area contributed by atoms with Gasteiger partial charge in [-0.2, -0.15) is 0 Å². The number of carbonyl (C=O) groups is 1. The van der Waals surface area contributed by atoms with Crippen molar-refractivity contribution in [1.29, 1.82) is 0 Å². The molecule has 0 N–H and O–H groups in total. The van der Waals surface area contributed by atoms with Crippen LogP contribution in [0.1, 0.15) is 9.67 Å². The third-order valence-electron chi connectivity index (χ3n) is 2.06. The van der Waals surface area contributed by atoms with Crippen LogP contribution in [0.3, 0.4) is 0 Å². The smallest absolute Gasteiger partial charge is 0.349 e. The van der Waals surface area contributed by atoms with E-state index in [-0.39, 0.29) is 0 Å². The largest absolute Gasteiger partial charge is 0.465 e. The zero-order valence-electron chi connectivity index (χ0n) is 8.74. The monoisotopic (exact) mass is 255 g/mol. The van der Waals surface area contributed by atoms with Crippen LogP contribution in [0, 0.1) is 11.6 Å². The molecule has 0 spiro atoms. The maximum atomic E-state index is 13.0. The SMILES string of the molecule is COC(=O)c1cnc(-c2ccc(F)c(F)c2)s1. The maximum absolute atomic E-state index is 13.0. The van der Waals surface area contributed by atoms with Crippen molar-refractivity contribution in [3.63, 3.8) is 0 Å². The highest BCUT2D eigenvalue weighted by Gasteiger charge is 2.13. The second kappa shape index (κ2) is 4.58. The molecule has 0 atom stereocenters. The van der Waals surface area contributed by atoms with Gasteiger partial charge in [-0.15, -0.1) is 11.3 Å². The van der Waals surface area contributed by atoms with Crippen LogP contribution < -0.4 is 0 Å². The fraction of sp³-hybridized carbons (Fsp3) is 0.0909. The maximum Gasteiger partial charge on any atom is 0.349 e. The van der Waals surface area contributed by atoms with Crippen molar-refractivity contribution in [3.05, 3.63) is 40.9 Å². The highest BCUT2D eigenvalue weighted by atomic mass is 32.1. The number of aromatic nitrogens is 1. The molecule has 0 aliphatic heterocycles. The summed E-state index contributed by atoms with van der Waals surface area (Å²) in [4.78, 5) is 15.5. The first kappa shape index (κ1) is 11.7. The molecule has 6 heteroatoms. The Morgan fingerprint density at radius 2 is 2.12 bits per heavy atom. The van der Waals surface area contributed by atoms with Crippen LogP contribution in [-0.2, 0) is 4.74 Å². The molecule has 0 radical (unpaired) electrons. The molecule has 0 aliphatic carbocycles. The first-order chi connectivity index (χ1) is 8.11. The third kappa shape index (κ3) is 2.31. The fourth-order valence-corrected chi connectivity index (χ4v) is 2.06. The van der Waals surface area contributed by atoms with E-state index in [1.807, 2.05) is 0 Å².